The second-order valence-corrected chi connectivity index (χ2v) is 1.54. The van der Waals surface area contributed by atoms with Gasteiger partial charge in [-0.25, -0.2) is 9.59 Å². The molecule has 0 unspecified atom stereocenters. The molecule has 0 atom stereocenters. The Bertz CT molecular complexity index is 167. The molecule has 0 aliphatic rings. The van der Waals surface area contributed by atoms with E-state index in [4.69, 9.17) is 0 Å². The second kappa shape index (κ2) is 4.03. The van der Waals surface area contributed by atoms with Crippen molar-refractivity contribution < 1.29 is 14.2 Å². The summed E-state index contributed by atoms with van der Waals surface area (Å²) in [6, 6.07) is 0. The lowest BCUT2D eigenvalue weighted by Gasteiger charge is -1.43. The minimum absolute atomic E-state index is 0.971. The Morgan fingerprint density at radius 1 is 1.12 bits per heavy atom. The molecule has 0 aromatic rings. The molecule has 0 saturated heterocycles. The van der Waals surface area contributed by atoms with Crippen LogP contribution in [0.2, 0.25) is 0 Å². The summed E-state index contributed by atoms with van der Waals surface area (Å²) in [5.74, 6) is 0. The van der Waals surface area contributed by atoms with E-state index < -0.39 is 8.10 Å². The van der Waals surface area contributed by atoms with E-state index in [2.05, 4.69) is 9.53 Å². The molecule has 6 heteroatoms. The fraction of sp³-hybridized carbons (Fsp3) is 0. The summed E-state index contributed by atoms with van der Waals surface area (Å²) in [7, 11) is -2.43. The molecule has 0 aromatic heterocycles. The SMILES string of the molecule is O=C=N[P+](=O)N=C=O. The van der Waals surface area contributed by atoms with Crippen LogP contribution in [0.4, 0.5) is 0 Å². The van der Waals surface area contributed by atoms with E-state index in [1.807, 2.05) is 0 Å². The highest BCUT2D eigenvalue weighted by Crippen LogP contribution is 2.20. The maximum absolute atomic E-state index is 9.93. The van der Waals surface area contributed by atoms with Crippen molar-refractivity contribution in [2.45, 2.75) is 0 Å². The first-order valence-corrected chi connectivity index (χ1v) is 2.60. The average molecular weight is 131 g/mol. The third-order valence-electron chi connectivity index (χ3n) is 0.253. The summed E-state index contributed by atoms with van der Waals surface area (Å²) in [6.07, 6.45) is 1.94. The van der Waals surface area contributed by atoms with Crippen LogP contribution >= 0.6 is 8.10 Å². The van der Waals surface area contributed by atoms with E-state index in [0.29, 0.717) is 0 Å². The number of rotatable bonds is 2. The Balaban J connectivity index is 4.04. The predicted molar refractivity (Wildman–Crippen MR) is 23.8 cm³/mol. The quantitative estimate of drug-likeness (QED) is 0.307. The third-order valence-corrected chi connectivity index (χ3v) is 0.758. The molecule has 0 heterocycles. The van der Waals surface area contributed by atoms with Crippen molar-refractivity contribution in [1.29, 1.82) is 0 Å². The zero-order valence-corrected chi connectivity index (χ0v) is 4.46. The molecule has 0 aromatic carbocycles. The van der Waals surface area contributed by atoms with Crippen molar-refractivity contribution in [3.8, 4) is 0 Å². The lowest BCUT2D eigenvalue weighted by Crippen LogP contribution is -1.46. The Kier molecular flexibility index (Phi) is 3.46. The summed E-state index contributed by atoms with van der Waals surface area (Å²) >= 11 is 0. The molecule has 0 rings (SSSR count). The number of carbonyl (C=O) groups excluding carboxylic acids is 2. The highest BCUT2D eigenvalue weighted by molar-refractivity contribution is 7.41. The van der Waals surface area contributed by atoms with Crippen LogP contribution in [0.1, 0.15) is 0 Å². The smallest absolute Gasteiger partial charge is 0.207 e. The van der Waals surface area contributed by atoms with Gasteiger partial charge < -0.3 is 0 Å². The molecule has 40 valence electrons. The van der Waals surface area contributed by atoms with Crippen molar-refractivity contribution >= 4 is 20.3 Å². The lowest BCUT2D eigenvalue weighted by molar-refractivity contribution is 0.562. The van der Waals surface area contributed by atoms with Crippen LogP contribution in [0.5, 0.6) is 0 Å². The third kappa shape index (κ3) is 3.07. The van der Waals surface area contributed by atoms with Crippen LogP contribution in [-0.4, -0.2) is 12.2 Å². The van der Waals surface area contributed by atoms with Crippen LogP contribution in [-0.2, 0) is 14.2 Å². The lowest BCUT2D eigenvalue weighted by atomic mass is 11.7. The molecule has 0 N–H and O–H groups in total. The van der Waals surface area contributed by atoms with Gasteiger partial charge in [-0.1, -0.05) is 0 Å². The summed E-state index contributed by atoms with van der Waals surface area (Å²) in [5.41, 5.74) is 0. The largest absolute Gasteiger partial charge is 0.666 e. The summed E-state index contributed by atoms with van der Waals surface area (Å²) in [4.78, 5) is 18.4. The Labute approximate surface area is 45.0 Å². The summed E-state index contributed by atoms with van der Waals surface area (Å²) in [5, 5.41) is 0. The molecule has 0 amide bonds. The molecular formula is C2N2O3P+. The van der Waals surface area contributed by atoms with E-state index in [-0.39, 0.29) is 0 Å². The van der Waals surface area contributed by atoms with Crippen molar-refractivity contribution in [2.24, 2.45) is 9.53 Å². The van der Waals surface area contributed by atoms with Crippen molar-refractivity contribution in [3.05, 3.63) is 0 Å². The number of hydrogen-bond acceptors (Lipinski definition) is 3. The zero-order valence-electron chi connectivity index (χ0n) is 3.57. The molecule has 0 spiro atoms. The zero-order chi connectivity index (χ0) is 6.41. The first kappa shape index (κ1) is 6.86. The van der Waals surface area contributed by atoms with E-state index in [1.165, 1.54) is 0 Å². The van der Waals surface area contributed by atoms with Crippen molar-refractivity contribution in [2.75, 3.05) is 0 Å². The van der Waals surface area contributed by atoms with Gasteiger partial charge in [0.2, 0.25) is 0 Å². The van der Waals surface area contributed by atoms with Crippen LogP contribution in [0.3, 0.4) is 0 Å². The number of isocyanates is 2. The minimum Gasteiger partial charge on any atom is -0.207 e. The highest BCUT2D eigenvalue weighted by Gasteiger charge is 2.09. The van der Waals surface area contributed by atoms with Gasteiger partial charge in [-0.3, -0.25) is 0 Å². The van der Waals surface area contributed by atoms with Crippen LogP contribution in [0, 0.1) is 0 Å². The van der Waals surface area contributed by atoms with Gasteiger partial charge in [0.25, 0.3) is 12.2 Å². The minimum atomic E-state index is -2.43. The van der Waals surface area contributed by atoms with Gasteiger partial charge in [0.1, 0.15) is 0 Å². The molecule has 0 aliphatic heterocycles. The monoisotopic (exact) mass is 131 g/mol. The second-order valence-electron chi connectivity index (χ2n) is 0.635. The average Bonchev–Trinajstić information content (AvgIpc) is 1.68. The van der Waals surface area contributed by atoms with E-state index in [9.17, 15) is 14.2 Å². The molecule has 0 aliphatic carbocycles. The number of nitrogens with zero attached hydrogens (tertiary/aromatic N) is 2. The fourth-order valence-electron chi connectivity index (χ4n) is 0.0922. The molecule has 0 saturated carbocycles. The fourth-order valence-corrected chi connectivity index (χ4v) is 0.277. The highest BCUT2D eigenvalue weighted by atomic mass is 31.1. The van der Waals surface area contributed by atoms with Crippen molar-refractivity contribution in [1.82, 2.24) is 0 Å². The van der Waals surface area contributed by atoms with E-state index in [1.54, 1.807) is 0 Å². The first-order valence-electron chi connectivity index (χ1n) is 1.44. The van der Waals surface area contributed by atoms with Gasteiger partial charge in [0, 0.05) is 0 Å². The van der Waals surface area contributed by atoms with Gasteiger partial charge in [0.05, 0.1) is 9.53 Å². The van der Waals surface area contributed by atoms with Crippen LogP contribution < -0.4 is 0 Å². The van der Waals surface area contributed by atoms with Gasteiger partial charge in [-0.05, 0) is 4.57 Å². The van der Waals surface area contributed by atoms with Gasteiger partial charge in [-0.2, -0.15) is 0 Å². The molecule has 5 nitrogen and oxygen atoms in total. The Morgan fingerprint density at radius 2 is 1.50 bits per heavy atom. The van der Waals surface area contributed by atoms with Gasteiger partial charge in [0.15, 0.2) is 0 Å². The molecular weight excluding hydrogens is 131 g/mol. The Morgan fingerprint density at radius 3 is 1.75 bits per heavy atom. The van der Waals surface area contributed by atoms with Gasteiger partial charge >= 0.3 is 8.10 Å². The maximum atomic E-state index is 9.93. The first-order chi connectivity index (χ1) is 3.81. The van der Waals surface area contributed by atoms with Gasteiger partial charge in [-0.15, -0.1) is 0 Å². The van der Waals surface area contributed by atoms with Crippen LogP contribution in [0.25, 0.3) is 0 Å². The standard InChI is InChI=1S/C2N2O3P/c5-1-3-8(7)4-2-6/q+1. The molecule has 0 radical (unpaired) electrons. The van der Waals surface area contributed by atoms with E-state index >= 15 is 0 Å². The normalized spacial score (nSPS) is 8.25. The number of hydrogen-bond donors (Lipinski definition) is 0. The summed E-state index contributed by atoms with van der Waals surface area (Å²) < 4.78 is 15.1. The molecule has 0 fully saturated rings. The molecule has 0 bridgehead atoms. The van der Waals surface area contributed by atoms with E-state index in [0.717, 1.165) is 12.2 Å². The Hall–Kier alpha value is -1.14. The van der Waals surface area contributed by atoms with Crippen molar-refractivity contribution in [3.63, 3.8) is 0 Å². The molecule has 8 heavy (non-hydrogen) atoms. The maximum Gasteiger partial charge on any atom is 0.666 e. The topological polar surface area (TPSA) is 75.9 Å². The predicted octanol–water partition coefficient (Wildman–Crippen LogP) is 0.315. The summed E-state index contributed by atoms with van der Waals surface area (Å²) in [6.45, 7) is 0. The van der Waals surface area contributed by atoms with Crippen LogP contribution in [0.15, 0.2) is 9.53 Å².